The van der Waals surface area contributed by atoms with Gasteiger partial charge in [-0.05, 0) is 6.42 Å². The van der Waals surface area contributed by atoms with Gasteiger partial charge in [0.2, 0.25) is 0 Å². The summed E-state index contributed by atoms with van der Waals surface area (Å²) >= 11 is 0. The molecule has 1 N–H and O–H groups in total. The van der Waals surface area contributed by atoms with E-state index >= 15 is 0 Å². The van der Waals surface area contributed by atoms with E-state index in [1.165, 1.54) is 0 Å². The fraction of sp³-hybridized carbons (Fsp3) is 0.818. The summed E-state index contributed by atoms with van der Waals surface area (Å²) in [6, 6.07) is 0. The Labute approximate surface area is 89.6 Å². The molecule has 0 amide bonds. The van der Waals surface area contributed by atoms with Crippen molar-refractivity contribution < 1.29 is 19.4 Å². The fourth-order valence-corrected chi connectivity index (χ4v) is 1.82. The van der Waals surface area contributed by atoms with E-state index in [-0.39, 0.29) is 24.9 Å². The molecular weight excluding hydrogens is 196 g/mol. The fourth-order valence-electron chi connectivity index (χ4n) is 1.82. The SMILES string of the molecule is CCCCCC(=O)C1C(=O)OC[C@H]1CO. The molecule has 2 atom stereocenters. The van der Waals surface area contributed by atoms with Crippen molar-refractivity contribution >= 4 is 11.8 Å². The van der Waals surface area contributed by atoms with E-state index in [4.69, 9.17) is 9.84 Å². The third-order valence-corrected chi connectivity index (χ3v) is 2.77. The maximum atomic E-state index is 11.7. The van der Waals surface area contributed by atoms with Crippen LogP contribution >= 0.6 is 0 Å². The Morgan fingerprint density at radius 2 is 2.27 bits per heavy atom. The normalized spacial score (nSPS) is 25.3. The lowest BCUT2D eigenvalue weighted by Gasteiger charge is -2.10. The molecule has 0 saturated carbocycles. The number of aliphatic hydroxyl groups excluding tert-OH is 1. The summed E-state index contributed by atoms with van der Waals surface area (Å²) in [5.74, 6) is -1.58. The van der Waals surface area contributed by atoms with Gasteiger partial charge >= 0.3 is 5.97 Å². The van der Waals surface area contributed by atoms with E-state index in [1.807, 2.05) is 0 Å². The number of carbonyl (C=O) groups is 2. The minimum absolute atomic E-state index is 0.0787. The molecule has 1 heterocycles. The first-order valence-corrected chi connectivity index (χ1v) is 5.51. The number of hydrogen-bond donors (Lipinski definition) is 1. The smallest absolute Gasteiger partial charge is 0.316 e. The van der Waals surface area contributed by atoms with Gasteiger partial charge in [-0.3, -0.25) is 9.59 Å². The van der Waals surface area contributed by atoms with Crippen LogP contribution in [0, 0.1) is 11.8 Å². The second kappa shape index (κ2) is 5.85. The molecule has 0 aromatic carbocycles. The molecule has 0 aliphatic carbocycles. The Bertz CT molecular complexity index is 237. The maximum Gasteiger partial charge on any atom is 0.316 e. The highest BCUT2D eigenvalue weighted by Crippen LogP contribution is 2.24. The molecule has 4 heteroatoms. The van der Waals surface area contributed by atoms with Crippen molar-refractivity contribution in [3.05, 3.63) is 0 Å². The van der Waals surface area contributed by atoms with Crippen LogP contribution in [0.5, 0.6) is 0 Å². The minimum atomic E-state index is -0.716. The molecule has 1 aliphatic heterocycles. The van der Waals surface area contributed by atoms with Crippen molar-refractivity contribution in [2.75, 3.05) is 13.2 Å². The molecule has 4 nitrogen and oxygen atoms in total. The highest BCUT2D eigenvalue weighted by molar-refractivity contribution is 6.00. The number of unbranched alkanes of at least 4 members (excludes halogenated alkanes) is 2. The average Bonchev–Trinajstić information content (AvgIpc) is 2.59. The summed E-state index contributed by atoms with van der Waals surface area (Å²) in [5, 5.41) is 8.99. The predicted molar refractivity (Wildman–Crippen MR) is 54.2 cm³/mol. The summed E-state index contributed by atoms with van der Waals surface area (Å²) in [6.07, 6.45) is 3.28. The van der Waals surface area contributed by atoms with Crippen LogP contribution in [-0.4, -0.2) is 30.1 Å². The molecule has 15 heavy (non-hydrogen) atoms. The Kier molecular flexibility index (Phi) is 4.75. The molecule has 0 bridgehead atoms. The standard InChI is InChI=1S/C11H18O4/c1-2-3-4-5-9(13)10-8(6-12)7-15-11(10)14/h8,10,12H,2-7H2,1H3/t8-,10?/m1/s1. The Hall–Kier alpha value is -0.900. The first-order valence-electron chi connectivity index (χ1n) is 5.51. The van der Waals surface area contributed by atoms with Crippen LogP contribution in [-0.2, 0) is 14.3 Å². The van der Waals surface area contributed by atoms with Crippen LogP contribution in [0.3, 0.4) is 0 Å². The highest BCUT2D eigenvalue weighted by Gasteiger charge is 2.40. The van der Waals surface area contributed by atoms with Crippen molar-refractivity contribution in [3.8, 4) is 0 Å². The van der Waals surface area contributed by atoms with Gasteiger partial charge in [-0.25, -0.2) is 0 Å². The zero-order chi connectivity index (χ0) is 11.3. The summed E-state index contributed by atoms with van der Waals surface area (Å²) in [4.78, 5) is 23.0. The van der Waals surface area contributed by atoms with Crippen LogP contribution in [0.2, 0.25) is 0 Å². The highest BCUT2D eigenvalue weighted by atomic mass is 16.5. The number of carbonyl (C=O) groups excluding carboxylic acids is 2. The van der Waals surface area contributed by atoms with Crippen molar-refractivity contribution in [3.63, 3.8) is 0 Å². The summed E-state index contributed by atoms with van der Waals surface area (Å²) in [7, 11) is 0. The van der Waals surface area contributed by atoms with Crippen LogP contribution < -0.4 is 0 Å². The Morgan fingerprint density at radius 1 is 1.53 bits per heavy atom. The lowest BCUT2D eigenvalue weighted by molar-refractivity contribution is -0.144. The predicted octanol–water partition coefficient (Wildman–Crippen LogP) is 0.917. The van der Waals surface area contributed by atoms with E-state index in [0.29, 0.717) is 6.42 Å². The van der Waals surface area contributed by atoms with Crippen molar-refractivity contribution in [2.24, 2.45) is 11.8 Å². The number of rotatable bonds is 6. The first kappa shape index (κ1) is 12.2. The lowest BCUT2D eigenvalue weighted by Crippen LogP contribution is -2.27. The average molecular weight is 214 g/mol. The Balaban J connectivity index is 2.45. The van der Waals surface area contributed by atoms with Gasteiger partial charge in [0.25, 0.3) is 0 Å². The maximum absolute atomic E-state index is 11.7. The van der Waals surface area contributed by atoms with Gasteiger partial charge in [0.05, 0.1) is 13.2 Å². The van der Waals surface area contributed by atoms with Crippen molar-refractivity contribution in [1.29, 1.82) is 0 Å². The topological polar surface area (TPSA) is 63.6 Å². The van der Waals surface area contributed by atoms with Gasteiger partial charge in [-0.15, -0.1) is 0 Å². The number of aliphatic hydroxyl groups is 1. The zero-order valence-electron chi connectivity index (χ0n) is 9.07. The van der Waals surface area contributed by atoms with Crippen molar-refractivity contribution in [1.82, 2.24) is 0 Å². The van der Waals surface area contributed by atoms with Gasteiger partial charge in [0, 0.05) is 12.3 Å². The second-order valence-corrected chi connectivity index (χ2v) is 3.97. The quantitative estimate of drug-likeness (QED) is 0.405. The molecule has 1 rings (SSSR count). The summed E-state index contributed by atoms with van der Waals surface area (Å²) in [5.41, 5.74) is 0. The summed E-state index contributed by atoms with van der Waals surface area (Å²) in [6.45, 7) is 2.08. The van der Waals surface area contributed by atoms with Crippen molar-refractivity contribution in [2.45, 2.75) is 32.6 Å². The largest absolute Gasteiger partial charge is 0.465 e. The van der Waals surface area contributed by atoms with Gasteiger partial charge in [0.15, 0.2) is 0 Å². The molecule has 0 aromatic heterocycles. The third kappa shape index (κ3) is 3.02. The van der Waals surface area contributed by atoms with Crippen LogP contribution in [0.1, 0.15) is 32.6 Å². The minimum Gasteiger partial charge on any atom is -0.465 e. The van der Waals surface area contributed by atoms with Gasteiger partial charge in [0.1, 0.15) is 11.7 Å². The third-order valence-electron chi connectivity index (χ3n) is 2.77. The van der Waals surface area contributed by atoms with Crippen LogP contribution in [0.15, 0.2) is 0 Å². The lowest BCUT2D eigenvalue weighted by atomic mass is 9.89. The molecule has 0 radical (unpaired) electrons. The van der Waals surface area contributed by atoms with Gasteiger partial charge in [-0.1, -0.05) is 19.8 Å². The number of hydrogen-bond acceptors (Lipinski definition) is 4. The Morgan fingerprint density at radius 3 is 2.87 bits per heavy atom. The molecule has 0 aromatic rings. The van der Waals surface area contributed by atoms with E-state index < -0.39 is 11.9 Å². The van der Waals surface area contributed by atoms with Crippen LogP contribution in [0.25, 0.3) is 0 Å². The molecule has 1 aliphatic rings. The first-order chi connectivity index (χ1) is 7.20. The molecule has 1 fully saturated rings. The molecular formula is C11H18O4. The van der Waals surface area contributed by atoms with E-state index in [0.717, 1.165) is 19.3 Å². The van der Waals surface area contributed by atoms with Crippen LogP contribution in [0.4, 0.5) is 0 Å². The van der Waals surface area contributed by atoms with E-state index in [1.54, 1.807) is 0 Å². The number of esters is 1. The van der Waals surface area contributed by atoms with E-state index in [2.05, 4.69) is 6.92 Å². The monoisotopic (exact) mass is 214 g/mol. The van der Waals surface area contributed by atoms with E-state index in [9.17, 15) is 9.59 Å². The van der Waals surface area contributed by atoms with Gasteiger partial charge in [-0.2, -0.15) is 0 Å². The molecule has 1 saturated heterocycles. The second-order valence-electron chi connectivity index (χ2n) is 3.97. The zero-order valence-corrected chi connectivity index (χ0v) is 9.07. The molecule has 1 unspecified atom stereocenters. The molecule has 0 spiro atoms. The summed E-state index contributed by atoms with van der Waals surface area (Å²) < 4.78 is 4.78. The number of Topliss-reactive ketones (excluding diaryl/α,β-unsaturated/α-hetero) is 1. The van der Waals surface area contributed by atoms with Gasteiger partial charge < -0.3 is 9.84 Å². The number of ether oxygens (including phenoxy) is 1. The number of ketones is 1. The molecule has 86 valence electrons. The number of cyclic esters (lactones) is 1.